The molecule has 0 radical (unpaired) electrons. The van der Waals surface area contributed by atoms with E-state index in [2.05, 4.69) is 10.6 Å². The van der Waals surface area contributed by atoms with Crippen LogP contribution in [0.3, 0.4) is 0 Å². The summed E-state index contributed by atoms with van der Waals surface area (Å²) in [5, 5.41) is 5.58. The number of thioether (sulfide) groups is 1. The third-order valence-electron chi connectivity index (χ3n) is 2.94. The SMILES string of the molecule is CC(C)C[C@H](N)C(=O)Nc1ccc2c(c1)NC(=O)CS2.Cl. The predicted molar refractivity (Wildman–Crippen MR) is 89.1 cm³/mol. The van der Waals surface area contributed by atoms with Crippen LogP contribution in [-0.2, 0) is 9.59 Å². The summed E-state index contributed by atoms with van der Waals surface area (Å²) in [4.78, 5) is 24.3. The van der Waals surface area contributed by atoms with E-state index in [0.717, 1.165) is 10.6 Å². The fourth-order valence-corrected chi connectivity index (χ4v) is 2.80. The van der Waals surface area contributed by atoms with Gasteiger partial charge in [0.1, 0.15) is 0 Å². The second-order valence-electron chi connectivity index (χ2n) is 5.27. The number of fused-ring (bicyclic) bond motifs is 1. The zero-order valence-corrected chi connectivity index (χ0v) is 13.6. The quantitative estimate of drug-likeness (QED) is 0.792. The molecule has 7 heteroatoms. The Morgan fingerprint density at radius 3 is 2.86 bits per heavy atom. The molecule has 2 amide bonds. The Kier molecular flexibility index (Phi) is 6.51. The lowest BCUT2D eigenvalue weighted by molar-refractivity contribution is -0.117. The van der Waals surface area contributed by atoms with Gasteiger partial charge in [-0.05, 0) is 30.5 Å². The van der Waals surface area contributed by atoms with Crippen molar-refractivity contribution in [2.45, 2.75) is 31.2 Å². The molecule has 116 valence electrons. The monoisotopic (exact) mass is 329 g/mol. The predicted octanol–water partition coefficient (Wildman–Crippen LogP) is 2.46. The van der Waals surface area contributed by atoms with E-state index in [1.165, 1.54) is 11.8 Å². The van der Waals surface area contributed by atoms with E-state index in [1.807, 2.05) is 26.0 Å². The molecule has 0 aromatic heterocycles. The zero-order chi connectivity index (χ0) is 14.7. The molecule has 1 heterocycles. The van der Waals surface area contributed by atoms with Gasteiger partial charge in [0, 0.05) is 10.6 Å². The number of rotatable bonds is 4. The van der Waals surface area contributed by atoms with Crippen LogP contribution < -0.4 is 16.4 Å². The molecular weight excluding hydrogens is 310 g/mol. The lowest BCUT2D eigenvalue weighted by atomic mass is 10.0. The molecule has 5 nitrogen and oxygen atoms in total. The zero-order valence-electron chi connectivity index (χ0n) is 12.0. The molecule has 21 heavy (non-hydrogen) atoms. The van der Waals surface area contributed by atoms with Crippen molar-refractivity contribution in [3.8, 4) is 0 Å². The first-order valence-corrected chi connectivity index (χ1v) is 7.57. The molecule has 0 spiro atoms. The van der Waals surface area contributed by atoms with Crippen LogP contribution in [0.25, 0.3) is 0 Å². The number of carbonyl (C=O) groups is 2. The Balaban J connectivity index is 0.00000220. The van der Waals surface area contributed by atoms with Crippen molar-refractivity contribution < 1.29 is 9.59 Å². The van der Waals surface area contributed by atoms with Crippen LogP contribution in [0.15, 0.2) is 23.1 Å². The number of benzene rings is 1. The summed E-state index contributed by atoms with van der Waals surface area (Å²) in [5.41, 5.74) is 7.23. The average molecular weight is 330 g/mol. The molecule has 0 unspecified atom stereocenters. The number of nitrogens with two attached hydrogens (primary N) is 1. The van der Waals surface area contributed by atoms with E-state index in [4.69, 9.17) is 5.73 Å². The summed E-state index contributed by atoms with van der Waals surface area (Å²) in [5.74, 6) is 0.573. The Morgan fingerprint density at radius 2 is 2.19 bits per heavy atom. The van der Waals surface area contributed by atoms with Gasteiger partial charge in [-0.1, -0.05) is 13.8 Å². The lowest BCUT2D eigenvalue weighted by Gasteiger charge is -2.18. The first-order valence-electron chi connectivity index (χ1n) is 6.59. The average Bonchev–Trinajstić information content (AvgIpc) is 2.37. The van der Waals surface area contributed by atoms with E-state index in [9.17, 15) is 9.59 Å². The fourth-order valence-electron chi connectivity index (χ4n) is 2.01. The molecule has 0 bridgehead atoms. The Labute approximate surface area is 134 Å². The summed E-state index contributed by atoms with van der Waals surface area (Å²) < 4.78 is 0. The number of hydrogen-bond donors (Lipinski definition) is 3. The van der Waals surface area contributed by atoms with Gasteiger partial charge in [0.2, 0.25) is 11.8 Å². The molecule has 0 aliphatic carbocycles. The van der Waals surface area contributed by atoms with Crippen LogP contribution in [0.1, 0.15) is 20.3 Å². The summed E-state index contributed by atoms with van der Waals surface area (Å²) >= 11 is 1.49. The van der Waals surface area contributed by atoms with Crippen molar-refractivity contribution in [2.24, 2.45) is 11.7 Å². The van der Waals surface area contributed by atoms with Crippen LogP contribution in [0.5, 0.6) is 0 Å². The fraction of sp³-hybridized carbons (Fsp3) is 0.429. The van der Waals surface area contributed by atoms with Gasteiger partial charge >= 0.3 is 0 Å². The van der Waals surface area contributed by atoms with Crippen molar-refractivity contribution in [1.29, 1.82) is 0 Å². The smallest absolute Gasteiger partial charge is 0.241 e. The number of halogens is 1. The minimum Gasteiger partial charge on any atom is -0.325 e. The molecule has 4 N–H and O–H groups in total. The van der Waals surface area contributed by atoms with Gasteiger partial charge in [-0.25, -0.2) is 0 Å². The molecule has 0 saturated carbocycles. The second kappa shape index (κ2) is 7.68. The van der Waals surface area contributed by atoms with Crippen LogP contribution >= 0.6 is 24.2 Å². The van der Waals surface area contributed by atoms with E-state index in [-0.39, 0.29) is 24.2 Å². The van der Waals surface area contributed by atoms with Gasteiger partial charge < -0.3 is 16.4 Å². The summed E-state index contributed by atoms with van der Waals surface area (Å²) in [7, 11) is 0. The molecule has 1 aromatic rings. The van der Waals surface area contributed by atoms with Crippen molar-refractivity contribution in [3.63, 3.8) is 0 Å². The van der Waals surface area contributed by atoms with Crippen molar-refractivity contribution >= 4 is 47.4 Å². The number of nitrogens with one attached hydrogen (secondary N) is 2. The molecule has 2 rings (SSSR count). The largest absolute Gasteiger partial charge is 0.325 e. The topological polar surface area (TPSA) is 84.2 Å². The highest BCUT2D eigenvalue weighted by atomic mass is 35.5. The van der Waals surface area contributed by atoms with Gasteiger partial charge in [-0.15, -0.1) is 24.2 Å². The van der Waals surface area contributed by atoms with Crippen LogP contribution in [-0.4, -0.2) is 23.6 Å². The molecular formula is C14H20ClN3O2S. The Bertz CT molecular complexity index is 537. The number of amides is 2. The van der Waals surface area contributed by atoms with Crippen LogP contribution in [0.2, 0.25) is 0 Å². The van der Waals surface area contributed by atoms with Gasteiger partial charge in [-0.2, -0.15) is 0 Å². The molecule has 0 fully saturated rings. The maximum atomic E-state index is 12.0. The van der Waals surface area contributed by atoms with Gasteiger partial charge in [0.15, 0.2) is 0 Å². The number of anilines is 2. The Morgan fingerprint density at radius 1 is 1.48 bits per heavy atom. The maximum absolute atomic E-state index is 12.0. The van der Waals surface area contributed by atoms with Crippen molar-refractivity contribution in [2.75, 3.05) is 16.4 Å². The Hall–Kier alpha value is -1.24. The number of hydrogen-bond acceptors (Lipinski definition) is 4. The molecule has 1 aromatic carbocycles. The van der Waals surface area contributed by atoms with Crippen molar-refractivity contribution in [1.82, 2.24) is 0 Å². The molecule has 1 atom stereocenters. The highest BCUT2D eigenvalue weighted by Crippen LogP contribution is 2.33. The summed E-state index contributed by atoms with van der Waals surface area (Å²) in [6, 6.07) is 4.96. The van der Waals surface area contributed by atoms with Gasteiger partial charge in [0.05, 0.1) is 17.5 Å². The molecule has 0 saturated heterocycles. The van der Waals surface area contributed by atoms with Crippen LogP contribution in [0.4, 0.5) is 11.4 Å². The lowest BCUT2D eigenvalue weighted by Crippen LogP contribution is -2.36. The highest BCUT2D eigenvalue weighted by molar-refractivity contribution is 8.00. The third kappa shape index (κ3) is 4.91. The van der Waals surface area contributed by atoms with Gasteiger partial charge in [0.25, 0.3) is 0 Å². The summed E-state index contributed by atoms with van der Waals surface area (Å²) in [6.45, 7) is 4.05. The number of carbonyl (C=O) groups excluding carboxylic acids is 2. The van der Waals surface area contributed by atoms with E-state index in [1.54, 1.807) is 6.07 Å². The molecule has 1 aliphatic heterocycles. The van der Waals surface area contributed by atoms with Crippen LogP contribution in [0, 0.1) is 5.92 Å². The third-order valence-corrected chi connectivity index (χ3v) is 4.02. The minimum absolute atomic E-state index is 0. The van der Waals surface area contributed by atoms with Gasteiger partial charge in [-0.3, -0.25) is 9.59 Å². The molecule has 1 aliphatic rings. The van der Waals surface area contributed by atoms with Crippen molar-refractivity contribution in [3.05, 3.63) is 18.2 Å². The van der Waals surface area contributed by atoms with E-state index >= 15 is 0 Å². The van der Waals surface area contributed by atoms with E-state index in [0.29, 0.717) is 23.8 Å². The maximum Gasteiger partial charge on any atom is 0.241 e. The second-order valence-corrected chi connectivity index (χ2v) is 6.29. The normalized spacial score (nSPS) is 14.8. The standard InChI is InChI=1S/C14H19N3O2S.ClH/c1-8(2)5-10(15)14(19)16-9-3-4-12-11(6-9)17-13(18)7-20-12;/h3-4,6,8,10H,5,7,15H2,1-2H3,(H,16,19)(H,17,18);1H/t10-;/m0./s1. The first kappa shape index (κ1) is 17.8. The van der Waals surface area contributed by atoms with E-state index < -0.39 is 6.04 Å². The highest BCUT2D eigenvalue weighted by Gasteiger charge is 2.18. The minimum atomic E-state index is -0.519. The summed E-state index contributed by atoms with van der Waals surface area (Å²) in [6.07, 6.45) is 0.642. The first-order chi connectivity index (χ1) is 9.45.